The lowest BCUT2D eigenvalue weighted by molar-refractivity contribution is -0.125. The average Bonchev–Trinajstić information content (AvgIpc) is 2.51. The second kappa shape index (κ2) is 7.86. The van der Waals surface area contributed by atoms with E-state index < -0.39 is 23.2 Å². The van der Waals surface area contributed by atoms with Gasteiger partial charge in [0.1, 0.15) is 17.5 Å². The maximum absolute atomic E-state index is 12.3. The molecule has 1 rings (SSSR count). The molecule has 0 aromatic carbocycles. The quantitative estimate of drug-likeness (QED) is 0.599. The maximum atomic E-state index is 12.3. The maximum Gasteiger partial charge on any atom is 0.332 e. The van der Waals surface area contributed by atoms with E-state index in [0.717, 1.165) is 9.13 Å². The molecule has 128 valence electrons. The molecule has 0 radical (unpaired) electrons. The van der Waals surface area contributed by atoms with E-state index in [4.69, 9.17) is 5.73 Å². The summed E-state index contributed by atoms with van der Waals surface area (Å²) in [5.41, 5.74) is 4.27. The van der Waals surface area contributed by atoms with Crippen LogP contribution in [0.1, 0.15) is 13.3 Å². The number of thioether (sulfide) groups is 1. The Balaban J connectivity index is 3.14. The van der Waals surface area contributed by atoms with E-state index in [2.05, 4.69) is 10.6 Å². The van der Waals surface area contributed by atoms with E-state index >= 15 is 0 Å². The van der Waals surface area contributed by atoms with Gasteiger partial charge in [0, 0.05) is 21.0 Å². The monoisotopic (exact) mass is 343 g/mol. The Kier molecular flexibility index (Phi) is 6.43. The molecule has 1 aromatic rings. The highest BCUT2D eigenvalue weighted by Gasteiger charge is 2.22. The standard InChI is InChI=1S/C13H21N5O4S/c1-7(19)15-8(5-6-23-4)11(20)16-9-10(14)17(2)13(22)18(3)12(9)21/h8H,5-6,14H2,1-4H3,(H,15,19)(H,16,20). The number of nitrogens with zero attached hydrogens (tertiary/aromatic N) is 2. The van der Waals surface area contributed by atoms with Crippen molar-refractivity contribution in [1.82, 2.24) is 14.5 Å². The summed E-state index contributed by atoms with van der Waals surface area (Å²) in [7, 11) is 2.69. The van der Waals surface area contributed by atoms with E-state index in [1.807, 2.05) is 6.26 Å². The number of anilines is 2. The van der Waals surface area contributed by atoms with E-state index in [0.29, 0.717) is 12.2 Å². The SMILES string of the molecule is CSCCC(NC(C)=O)C(=O)Nc1c(N)n(C)c(=O)n(C)c1=O. The second-order valence-corrected chi connectivity index (χ2v) is 5.98. The number of hydrogen-bond acceptors (Lipinski definition) is 6. The summed E-state index contributed by atoms with van der Waals surface area (Å²) in [6.45, 7) is 1.30. The van der Waals surface area contributed by atoms with Gasteiger partial charge in [0.25, 0.3) is 5.56 Å². The highest BCUT2D eigenvalue weighted by molar-refractivity contribution is 7.98. The molecule has 1 heterocycles. The van der Waals surface area contributed by atoms with Gasteiger partial charge in [0.2, 0.25) is 11.8 Å². The Labute approximate surface area is 137 Å². The zero-order valence-electron chi connectivity index (χ0n) is 13.5. The minimum Gasteiger partial charge on any atom is -0.383 e. The molecule has 0 aliphatic carbocycles. The van der Waals surface area contributed by atoms with Crippen LogP contribution < -0.4 is 27.6 Å². The van der Waals surface area contributed by atoms with Crippen molar-refractivity contribution in [2.75, 3.05) is 23.1 Å². The predicted octanol–water partition coefficient (Wildman–Crippen LogP) is -1.14. The number of carbonyl (C=O) groups excluding carboxylic acids is 2. The Hall–Kier alpha value is -2.23. The van der Waals surface area contributed by atoms with Gasteiger partial charge in [-0.1, -0.05) is 0 Å². The van der Waals surface area contributed by atoms with Crippen molar-refractivity contribution in [3.05, 3.63) is 20.8 Å². The molecule has 4 N–H and O–H groups in total. The first kappa shape index (κ1) is 18.8. The molecule has 0 aliphatic heterocycles. The van der Waals surface area contributed by atoms with Crippen LogP contribution in [0.2, 0.25) is 0 Å². The third kappa shape index (κ3) is 4.38. The van der Waals surface area contributed by atoms with E-state index in [1.165, 1.54) is 32.8 Å². The lowest BCUT2D eigenvalue weighted by Gasteiger charge is -2.18. The van der Waals surface area contributed by atoms with Gasteiger partial charge in [-0.2, -0.15) is 11.8 Å². The fourth-order valence-electron chi connectivity index (χ4n) is 1.94. The summed E-state index contributed by atoms with van der Waals surface area (Å²) in [5.74, 6) is -0.402. The molecule has 23 heavy (non-hydrogen) atoms. The number of carbonyl (C=O) groups is 2. The van der Waals surface area contributed by atoms with Gasteiger partial charge in [0.15, 0.2) is 0 Å². The molecule has 1 aromatic heterocycles. The molecule has 0 aliphatic rings. The number of nitrogens with two attached hydrogens (primary N) is 1. The number of nitrogen functional groups attached to an aromatic ring is 1. The van der Waals surface area contributed by atoms with Crippen LogP contribution in [0.5, 0.6) is 0 Å². The Morgan fingerprint density at radius 2 is 1.87 bits per heavy atom. The average molecular weight is 343 g/mol. The summed E-state index contributed by atoms with van der Waals surface area (Å²) < 4.78 is 1.91. The number of amides is 2. The predicted molar refractivity (Wildman–Crippen MR) is 90.6 cm³/mol. The van der Waals surface area contributed by atoms with E-state index in [-0.39, 0.29) is 17.4 Å². The summed E-state index contributed by atoms with van der Waals surface area (Å²) in [4.78, 5) is 47.4. The molecule has 0 saturated carbocycles. The Morgan fingerprint density at radius 1 is 1.26 bits per heavy atom. The van der Waals surface area contributed by atoms with Crippen molar-refractivity contribution < 1.29 is 9.59 Å². The van der Waals surface area contributed by atoms with Crippen LogP contribution in [0.3, 0.4) is 0 Å². The van der Waals surface area contributed by atoms with Crippen LogP contribution in [0, 0.1) is 0 Å². The van der Waals surface area contributed by atoms with E-state index in [1.54, 1.807) is 0 Å². The number of rotatable bonds is 6. The molecule has 0 fully saturated rings. The first-order valence-corrected chi connectivity index (χ1v) is 8.22. The molecule has 0 spiro atoms. The smallest absolute Gasteiger partial charge is 0.332 e. The van der Waals surface area contributed by atoms with Gasteiger partial charge in [-0.3, -0.25) is 23.5 Å². The van der Waals surface area contributed by atoms with Crippen LogP contribution in [0.4, 0.5) is 11.5 Å². The normalized spacial score (nSPS) is 11.8. The van der Waals surface area contributed by atoms with Crippen LogP contribution in [0.15, 0.2) is 9.59 Å². The largest absolute Gasteiger partial charge is 0.383 e. The summed E-state index contributed by atoms with van der Waals surface area (Å²) >= 11 is 1.53. The fourth-order valence-corrected chi connectivity index (χ4v) is 2.41. The van der Waals surface area contributed by atoms with Crippen molar-refractivity contribution in [2.45, 2.75) is 19.4 Å². The van der Waals surface area contributed by atoms with Gasteiger partial charge in [-0.25, -0.2) is 4.79 Å². The second-order valence-electron chi connectivity index (χ2n) is 4.99. The number of nitrogens with one attached hydrogen (secondary N) is 2. The zero-order chi connectivity index (χ0) is 17.7. The van der Waals surface area contributed by atoms with Crippen LogP contribution in [-0.4, -0.2) is 39.0 Å². The lowest BCUT2D eigenvalue weighted by Crippen LogP contribution is -2.46. The molecule has 1 atom stereocenters. The highest BCUT2D eigenvalue weighted by atomic mass is 32.2. The van der Waals surface area contributed by atoms with Gasteiger partial charge in [-0.05, 0) is 18.4 Å². The van der Waals surface area contributed by atoms with Gasteiger partial charge < -0.3 is 16.4 Å². The summed E-state index contributed by atoms with van der Waals surface area (Å²) in [6, 6.07) is -0.790. The van der Waals surface area contributed by atoms with Crippen molar-refractivity contribution >= 4 is 35.1 Å². The molecule has 1 unspecified atom stereocenters. The van der Waals surface area contributed by atoms with Gasteiger partial charge in [0.05, 0.1) is 0 Å². The first-order valence-electron chi connectivity index (χ1n) is 6.83. The molecule has 10 heteroatoms. The fraction of sp³-hybridized carbons (Fsp3) is 0.538. The van der Waals surface area contributed by atoms with Crippen molar-refractivity contribution in [3.63, 3.8) is 0 Å². The molecule has 0 bridgehead atoms. The molecular weight excluding hydrogens is 322 g/mol. The number of aromatic nitrogens is 2. The van der Waals surface area contributed by atoms with Crippen LogP contribution >= 0.6 is 11.8 Å². The first-order chi connectivity index (χ1) is 10.7. The van der Waals surface area contributed by atoms with Crippen molar-refractivity contribution in [1.29, 1.82) is 0 Å². The van der Waals surface area contributed by atoms with Gasteiger partial charge in [-0.15, -0.1) is 0 Å². The Morgan fingerprint density at radius 3 is 2.39 bits per heavy atom. The van der Waals surface area contributed by atoms with Crippen LogP contribution in [0.25, 0.3) is 0 Å². The van der Waals surface area contributed by atoms with E-state index in [9.17, 15) is 19.2 Å². The lowest BCUT2D eigenvalue weighted by atomic mass is 10.2. The Bertz CT molecular complexity index is 724. The van der Waals surface area contributed by atoms with Crippen molar-refractivity contribution in [3.8, 4) is 0 Å². The molecule has 2 amide bonds. The molecule has 0 saturated heterocycles. The number of hydrogen-bond donors (Lipinski definition) is 3. The third-order valence-corrected chi connectivity index (χ3v) is 3.91. The minimum atomic E-state index is -0.790. The highest BCUT2D eigenvalue weighted by Crippen LogP contribution is 2.11. The summed E-state index contributed by atoms with van der Waals surface area (Å²) in [5, 5.41) is 4.95. The van der Waals surface area contributed by atoms with Gasteiger partial charge >= 0.3 is 5.69 Å². The molecular formula is C13H21N5O4S. The van der Waals surface area contributed by atoms with Crippen LogP contribution in [-0.2, 0) is 23.7 Å². The molecule has 9 nitrogen and oxygen atoms in total. The summed E-state index contributed by atoms with van der Waals surface area (Å²) in [6.07, 6.45) is 2.28. The minimum absolute atomic E-state index is 0.141. The zero-order valence-corrected chi connectivity index (χ0v) is 14.3. The topological polar surface area (TPSA) is 128 Å². The van der Waals surface area contributed by atoms with Crippen molar-refractivity contribution in [2.24, 2.45) is 14.1 Å². The third-order valence-electron chi connectivity index (χ3n) is 3.26.